The number of anilines is 1. The van der Waals surface area contributed by atoms with Crippen molar-refractivity contribution in [1.82, 2.24) is 20.0 Å². The van der Waals surface area contributed by atoms with E-state index in [0.29, 0.717) is 27.6 Å². The second-order valence-electron chi connectivity index (χ2n) is 7.37. The Hall–Kier alpha value is -3.85. The standard InChI is InChI=1S/C24H23N5O3S/c1-4-17-10-12-18(13-11-17)25-22(30)23-27-26-20(33-23)14-32-24(31)21-15(2)28-29(16(21)3)19-8-6-5-7-9-19/h5-13H,4,14H2,1-3H3,(H,25,30). The largest absolute Gasteiger partial charge is 0.455 e. The van der Waals surface area contributed by atoms with Gasteiger partial charge >= 0.3 is 5.97 Å². The zero-order valence-electron chi connectivity index (χ0n) is 18.5. The van der Waals surface area contributed by atoms with Crippen LogP contribution in [0.5, 0.6) is 0 Å². The molecule has 2 aromatic carbocycles. The van der Waals surface area contributed by atoms with Crippen molar-refractivity contribution in [3.05, 3.63) is 87.1 Å². The molecule has 0 unspecified atom stereocenters. The first kappa shape index (κ1) is 22.3. The lowest BCUT2D eigenvalue weighted by molar-refractivity contribution is 0.0470. The van der Waals surface area contributed by atoms with Crippen LogP contribution in [-0.4, -0.2) is 31.9 Å². The van der Waals surface area contributed by atoms with Crippen molar-refractivity contribution in [1.29, 1.82) is 0 Å². The van der Waals surface area contributed by atoms with Crippen molar-refractivity contribution in [2.45, 2.75) is 33.8 Å². The van der Waals surface area contributed by atoms with Gasteiger partial charge in [0.15, 0.2) is 5.01 Å². The Morgan fingerprint density at radius 3 is 2.45 bits per heavy atom. The molecule has 0 aliphatic heterocycles. The number of amides is 1. The minimum Gasteiger partial charge on any atom is -0.455 e. The Morgan fingerprint density at radius 1 is 1.03 bits per heavy atom. The monoisotopic (exact) mass is 461 g/mol. The molecular formula is C24H23N5O3S. The molecule has 0 saturated heterocycles. The maximum absolute atomic E-state index is 12.7. The van der Waals surface area contributed by atoms with Crippen LogP contribution in [0.25, 0.3) is 5.69 Å². The van der Waals surface area contributed by atoms with E-state index in [9.17, 15) is 9.59 Å². The van der Waals surface area contributed by atoms with Gasteiger partial charge in [0.05, 0.1) is 17.1 Å². The number of nitrogens with one attached hydrogen (secondary N) is 1. The highest BCUT2D eigenvalue weighted by molar-refractivity contribution is 7.13. The summed E-state index contributed by atoms with van der Waals surface area (Å²) < 4.78 is 7.16. The fourth-order valence-electron chi connectivity index (χ4n) is 3.37. The fraction of sp³-hybridized carbons (Fsp3) is 0.208. The molecule has 2 heterocycles. The Morgan fingerprint density at radius 2 is 1.76 bits per heavy atom. The summed E-state index contributed by atoms with van der Waals surface area (Å²) in [5, 5.41) is 15.8. The topological polar surface area (TPSA) is 99.0 Å². The van der Waals surface area contributed by atoms with Crippen LogP contribution in [0.3, 0.4) is 0 Å². The third-order valence-corrected chi connectivity index (χ3v) is 6.00. The average molecular weight is 462 g/mol. The molecule has 0 atom stereocenters. The van der Waals surface area contributed by atoms with Gasteiger partial charge in [-0.2, -0.15) is 5.10 Å². The number of para-hydroxylation sites is 1. The molecule has 0 radical (unpaired) electrons. The van der Waals surface area contributed by atoms with Gasteiger partial charge in [-0.25, -0.2) is 9.48 Å². The lowest BCUT2D eigenvalue weighted by atomic mass is 10.1. The van der Waals surface area contributed by atoms with Gasteiger partial charge in [0.25, 0.3) is 5.91 Å². The van der Waals surface area contributed by atoms with Gasteiger partial charge in [-0.3, -0.25) is 4.79 Å². The minimum atomic E-state index is -0.496. The highest BCUT2D eigenvalue weighted by Crippen LogP contribution is 2.20. The van der Waals surface area contributed by atoms with Gasteiger partial charge in [0, 0.05) is 5.69 Å². The van der Waals surface area contributed by atoms with E-state index >= 15 is 0 Å². The third kappa shape index (κ3) is 4.98. The van der Waals surface area contributed by atoms with Crippen LogP contribution in [0.2, 0.25) is 0 Å². The Labute approximate surface area is 195 Å². The Kier molecular flexibility index (Phi) is 6.60. The molecular weight excluding hydrogens is 438 g/mol. The summed E-state index contributed by atoms with van der Waals surface area (Å²) in [4.78, 5) is 25.2. The molecule has 0 fully saturated rings. The molecule has 1 amide bonds. The molecule has 4 aromatic rings. The normalized spacial score (nSPS) is 10.8. The SMILES string of the molecule is CCc1ccc(NC(=O)c2nnc(COC(=O)c3c(C)nn(-c4ccccc4)c3C)s2)cc1. The number of carbonyl (C=O) groups excluding carboxylic acids is 2. The molecule has 168 valence electrons. The van der Waals surface area contributed by atoms with E-state index < -0.39 is 5.97 Å². The zero-order valence-corrected chi connectivity index (χ0v) is 19.3. The van der Waals surface area contributed by atoms with Crippen molar-refractivity contribution >= 4 is 28.9 Å². The first-order valence-electron chi connectivity index (χ1n) is 10.5. The second kappa shape index (κ2) is 9.74. The van der Waals surface area contributed by atoms with Gasteiger partial charge < -0.3 is 10.1 Å². The van der Waals surface area contributed by atoms with Crippen molar-refractivity contribution in [2.24, 2.45) is 0 Å². The van der Waals surface area contributed by atoms with Gasteiger partial charge in [-0.15, -0.1) is 10.2 Å². The van der Waals surface area contributed by atoms with E-state index in [4.69, 9.17) is 4.74 Å². The summed E-state index contributed by atoms with van der Waals surface area (Å²) in [5.74, 6) is -0.852. The molecule has 8 nitrogen and oxygen atoms in total. The van der Waals surface area contributed by atoms with E-state index in [-0.39, 0.29) is 17.5 Å². The number of esters is 1. The molecule has 0 bridgehead atoms. The van der Waals surface area contributed by atoms with E-state index in [1.165, 1.54) is 5.56 Å². The van der Waals surface area contributed by atoms with Crippen LogP contribution in [0.1, 0.15) is 49.0 Å². The minimum absolute atomic E-state index is 0.0790. The van der Waals surface area contributed by atoms with Crippen LogP contribution in [-0.2, 0) is 17.8 Å². The van der Waals surface area contributed by atoms with Crippen LogP contribution in [0.15, 0.2) is 54.6 Å². The van der Waals surface area contributed by atoms with Crippen molar-refractivity contribution in [3.63, 3.8) is 0 Å². The molecule has 0 aliphatic rings. The number of rotatable bonds is 7. The number of aromatic nitrogens is 4. The summed E-state index contributed by atoms with van der Waals surface area (Å²) in [7, 11) is 0. The number of nitrogens with zero attached hydrogens (tertiary/aromatic N) is 4. The third-order valence-electron chi connectivity index (χ3n) is 5.10. The van der Waals surface area contributed by atoms with Crippen molar-refractivity contribution in [3.8, 4) is 5.69 Å². The molecule has 1 N–H and O–H groups in total. The van der Waals surface area contributed by atoms with Gasteiger partial charge in [0.1, 0.15) is 12.2 Å². The maximum atomic E-state index is 12.7. The molecule has 0 saturated carbocycles. The molecule has 33 heavy (non-hydrogen) atoms. The molecule has 0 aliphatic carbocycles. The molecule has 0 spiro atoms. The number of hydrogen-bond acceptors (Lipinski definition) is 7. The number of aryl methyl sites for hydroxylation is 2. The number of hydrogen-bond donors (Lipinski definition) is 1. The summed E-state index contributed by atoms with van der Waals surface area (Å²) in [5.41, 5.74) is 4.41. The molecule has 4 rings (SSSR count). The van der Waals surface area contributed by atoms with Crippen LogP contribution in [0.4, 0.5) is 5.69 Å². The van der Waals surface area contributed by atoms with E-state index in [2.05, 4.69) is 27.5 Å². The van der Waals surface area contributed by atoms with E-state index in [0.717, 1.165) is 23.4 Å². The van der Waals surface area contributed by atoms with Crippen LogP contribution >= 0.6 is 11.3 Å². The summed E-state index contributed by atoms with van der Waals surface area (Å²) in [6, 6.07) is 17.2. The lowest BCUT2D eigenvalue weighted by Gasteiger charge is -2.05. The molecule has 9 heteroatoms. The second-order valence-corrected chi connectivity index (χ2v) is 8.44. The summed E-state index contributed by atoms with van der Waals surface area (Å²) >= 11 is 1.08. The van der Waals surface area contributed by atoms with E-state index in [1.54, 1.807) is 11.6 Å². The van der Waals surface area contributed by atoms with Crippen LogP contribution < -0.4 is 5.32 Å². The predicted octanol–water partition coefficient (Wildman–Crippen LogP) is 4.51. The van der Waals surface area contributed by atoms with Gasteiger partial charge in [-0.05, 0) is 50.1 Å². The summed E-state index contributed by atoms with van der Waals surface area (Å²) in [6.07, 6.45) is 0.929. The fourth-order valence-corrected chi connectivity index (χ4v) is 4.02. The average Bonchev–Trinajstić information content (AvgIpc) is 3.43. The smallest absolute Gasteiger partial charge is 0.342 e. The summed E-state index contributed by atoms with van der Waals surface area (Å²) in [6.45, 7) is 5.58. The number of carbonyl (C=O) groups is 2. The highest BCUT2D eigenvalue weighted by atomic mass is 32.1. The Balaban J connectivity index is 1.39. The number of ether oxygens (including phenoxy) is 1. The lowest BCUT2D eigenvalue weighted by Crippen LogP contribution is -2.11. The zero-order chi connectivity index (χ0) is 23.4. The van der Waals surface area contributed by atoms with Crippen LogP contribution in [0, 0.1) is 13.8 Å². The first-order chi connectivity index (χ1) is 16.0. The van der Waals surface area contributed by atoms with Crippen molar-refractivity contribution < 1.29 is 14.3 Å². The maximum Gasteiger partial charge on any atom is 0.342 e. The van der Waals surface area contributed by atoms with Gasteiger partial charge in [0.2, 0.25) is 5.01 Å². The first-order valence-corrected chi connectivity index (χ1v) is 11.3. The quantitative estimate of drug-likeness (QED) is 0.407. The number of benzene rings is 2. The van der Waals surface area contributed by atoms with E-state index in [1.807, 2.05) is 61.5 Å². The van der Waals surface area contributed by atoms with Gasteiger partial charge in [-0.1, -0.05) is 48.6 Å². The molecule has 2 aromatic heterocycles. The highest BCUT2D eigenvalue weighted by Gasteiger charge is 2.22. The van der Waals surface area contributed by atoms with Crippen molar-refractivity contribution in [2.75, 3.05) is 5.32 Å². The Bertz CT molecular complexity index is 1280. The predicted molar refractivity (Wildman–Crippen MR) is 126 cm³/mol.